The number of anilines is 1. The highest BCUT2D eigenvalue weighted by Crippen LogP contribution is 2.37. The van der Waals surface area contributed by atoms with Crippen molar-refractivity contribution in [3.8, 4) is 0 Å². The van der Waals surface area contributed by atoms with Crippen LogP contribution in [0.5, 0.6) is 0 Å². The van der Waals surface area contributed by atoms with Crippen LogP contribution in [0.4, 0.5) is 10.2 Å². The van der Waals surface area contributed by atoms with Crippen LogP contribution in [0.25, 0.3) is 0 Å². The van der Waals surface area contributed by atoms with Gasteiger partial charge in [0, 0.05) is 32.5 Å². The van der Waals surface area contributed by atoms with Crippen LogP contribution < -0.4 is 11.0 Å². The molecule has 0 saturated heterocycles. The van der Waals surface area contributed by atoms with E-state index in [-0.39, 0.29) is 23.3 Å². The van der Waals surface area contributed by atoms with E-state index in [1.807, 2.05) is 6.92 Å². The molecule has 1 saturated carbocycles. The zero-order chi connectivity index (χ0) is 18.1. The number of rotatable bonds is 5. The largest absolute Gasteiger partial charge is 0.393 e. The molecule has 25 heavy (non-hydrogen) atoms. The molecule has 8 nitrogen and oxygen atoms in total. The molecule has 0 aliphatic heterocycles. The summed E-state index contributed by atoms with van der Waals surface area (Å²) in [5, 5.41) is 17.6. The standard InChI is InChI=1S/C16H23FN6O2/c1-4-11-13(17)14(20-8-19-11)18-7-10-5-9(6-12(10)24)15-21-23(3)16(25)22(15)2/h8-10,12,24H,4-7H2,1-3H3,(H,18,19,20)/t9-,10+,12+/m0/s1. The zero-order valence-electron chi connectivity index (χ0n) is 14.6. The minimum absolute atomic E-state index is 0.00199. The summed E-state index contributed by atoms with van der Waals surface area (Å²) < 4.78 is 17.0. The molecule has 136 valence electrons. The Morgan fingerprint density at radius 3 is 2.76 bits per heavy atom. The molecule has 9 heteroatoms. The summed E-state index contributed by atoms with van der Waals surface area (Å²) in [6, 6.07) is 0. The Balaban J connectivity index is 1.68. The van der Waals surface area contributed by atoms with Crippen LogP contribution in [-0.2, 0) is 20.5 Å². The summed E-state index contributed by atoms with van der Waals surface area (Å²) >= 11 is 0. The van der Waals surface area contributed by atoms with E-state index >= 15 is 0 Å². The lowest BCUT2D eigenvalue weighted by atomic mass is 10.0. The van der Waals surface area contributed by atoms with E-state index in [1.165, 1.54) is 15.6 Å². The van der Waals surface area contributed by atoms with Gasteiger partial charge in [-0.1, -0.05) is 6.92 Å². The molecule has 0 radical (unpaired) electrons. The zero-order valence-corrected chi connectivity index (χ0v) is 14.6. The molecule has 0 bridgehead atoms. The second-order valence-corrected chi connectivity index (χ2v) is 6.54. The van der Waals surface area contributed by atoms with Crippen molar-refractivity contribution in [2.24, 2.45) is 20.0 Å². The second-order valence-electron chi connectivity index (χ2n) is 6.54. The quantitative estimate of drug-likeness (QED) is 0.818. The van der Waals surface area contributed by atoms with E-state index in [0.29, 0.717) is 37.3 Å². The van der Waals surface area contributed by atoms with Crippen LogP contribution in [0.1, 0.15) is 37.2 Å². The lowest BCUT2D eigenvalue weighted by Gasteiger charge is -2.16. The molecule has 3 atom stereocenters. The van der Waals surface area contributed by atoms with Gasteiger partial charge in [-0.05, 0) is 19.3 Å². The van der Waals surface area contributed by atoms with Gasteiger partial charge in [0.05, 0.1) is 11.8 Å². The second kappa shape index (κ2) is 6.91. The number of nitrogens with one attached hydrogen (secondary N) is 1. The number of hydrogen-bond acceptors (Lipinski definition) is 6. The number of nitrogens with zero attached hydrogens (tertiary/aromatic N) is 5. The first-order valence-electron chi connectivity index (χ1n) is 8.43. The average Bonchev–Trinajstić information content (AvgIpc) is 3.08. The molecule has 0 aromatic carbocycles. The Morgan fingerprint density at radius 2 is 2.12 bits per heavy atom. The van der Waals surface area contributed by atoms with E-state index in [1.54, 1.807) is 14.1 Å². The van der Waals surface area contributed by atoms with Gasteiger partial charge in [0.25, 0.3) is 0 Å². The molecule has 1 fully saturated rings. The van der Waals surface area contributed by atoms with Gasteiger partial charge < -0.3 is 10.4 Å². The molecule has 0 unspecified atom stereocenters. The van der Waals surface area contributed by atoms with Crippen LogP contribution in [0.3, 0.4) is 0 Å². The Morgan fingerprint density at radius 1 is 1.36 bits per heavy atom. The number of aliphatic hydroxyl groups excluding tert-OH is 1. The maximum absolute atomic E-state index is 14.2. The SMILES string of the molecule is CCc1ncnc(NC[C@H]2C[C@H](c3nn(C)c(=O)n3C)C[C@H]2O)c1F. The molecule has 3 rings (SSSR count). The summed E-state index contributed by atoms with van der Waals surface area (Å²) in [5.41, 5.74) is 0.187. The Hall–Kier alpha value is -2.29. The molecule has 1 aliphatic rings. The smallest absolute Gasteiger partial charge is 0.345 e. The van der Waals surface area contributed by atoms with Gasteiger partial charge in [-0.2, -0.15) is 5.10 Å². The third-order valence-corrected chi connectivity index (χ3v) is 4.91. The highest BCUT2D eigenvalue weighted by Gasteiger charge is 2.36. The molecular formula is C16H23FN6O2. The van der Waals surface area contributed by atoms with Crippen LogP contribution in [0.15, 0.2) is 11.1 Å². The van der Waals surface area contributed by atoms with Crippen LogP contribution in [-0.4, -0.2) is 42.1 Å². The van der Waals surface area contributed by atoms with Crippen molar-refractivity contribution in [2.45, 2.75) is 38.2 Å². The summed E-state index contributed by atoms with van der Waals surface area (Å²) in [7, 11) is 3.30. The summed E-state index contributed by atoms with van der Waals surface area (Å²) in [5.74, 6) is 0.327. The highest BCUT2D eigenvalue weighted by molar-refractivity contribution is 5.37. The lowest BCUT2D eigenvalue weighted by Crippen LogP contribution is -2.23. The van der Waals surface area contributed by atoms with Crippen molar-refractivity contribution >= 4 is 5.82 Å². The first kappa shape index (κ1) is 17.5. The van der Waals surface area contributed by atoms with E-state index < -0.39 is 11.9 Å². The van der Waals surface area contributed by atoms with Crippen LogP contribution in [0, 0.1) is 11.7 Å². The Kier molecular flexibility index (Phi) is 4.85. The van der Waals surface area contributed by atoms with E-state index in [4.69, 9.17) is 0 Å². The lowest BCUT2D eigenvalue weighted by molar-refractivity contribution is 0.137. The van der Waals surface area contributed by atoms with Gasteiger partial charge in [0.2, 0.25) is 0 Å². The number of aliphatic hydroxyl groups is 1. The minimum Gasteiger partial charge on any atom is -0.393 e. The van der Waals surface area contributed by atoms with Crippen LogP contribution in [0.2, 0.25) is 0 Å². The number of halogens is 1. The molecule has 2 N–H and O–H groups in total. The first-order valence-corrected chi connectivity index (χ1v) is 8.43. The summed E-state index contributed by atoms with van der Waals surface area (Å²) in [6.45, 7) is 2.23. The van der Waals surface area contributed by atoms with Crippen molar-refractivity contribution in [1.29, 1.82) is 0 Å². The van der Waals surface area contributed by atoms with Gasteiger partial charge in [0.1, 0.15) is 12.2 Å². The van der Waals surface area contributed by atoms with E-state index in [2.05, 4.69) is 20.4 Å². The molecule has 2 aromatic rings. The number of aryl methyl sites for hydroxylation is 2. The van der Waals surface area contributed by atoms with Gasteiger partial charge in [-0.25, -0.2) is 23.8 Å². The maximum atomic E-state index is 14.2. The van der Waals surface area contributed by atoms with Crippen LogP contribution >= 0.6 is 0 Å². The topological polar surface area (TPSA) is 97.9 Å². The van der Waals surface area contributed by atoms with Gasteiger partial charge in [-0.15, -0.1) is 0 Å². The van der Waals surface area contributed by atoms with Gasteiger partial charge in [-0.3, -0.25) is 4.57 Å². The summed E-state index contributed by atoms with van der Waals surface area (Å²) in [4.78, 5) is 19.7. The molecular weight excluding hydrogens is 327 g/mol. The van der Waals surface area contributed by atoms with Crippen molar-refractivity contribution in [1.82, 2.24) is 24.3 Å². The first-order chi connectivity index (χ1) is 11.9. The molecule has 2 heterocycles. The van der Waals surface area contributed by atoms with Crippen molar-refractivity contribution < 1.29 is 9.50 Å². The molecule has 0 amide bonds. The van der Waals surface area contributed by atoms with Crippen molar-refractivity contribution in [3.63, 3.8) is 0 Å². The fourth-order valence-electron chi connectivity index (χ4n) is 3.47. The third kappa shape index (κ3) is 3.28. The van der Waals surface area contributed by atoms with Gasteiger partial charge >= 0.3 is 5.69 Å². The normalized spacial score (nSPS) is 23.2. The van der Waals surface area contributed by atoms with Crippen molar-refractivity contribution in [2.75, 3.05) is 11.9 Å². The van der Waals surface area contributed by atoms with E-state index in [9.17, 15) is 14.3 Å². The van der Waals surface area contributed by atoms with Gasteiger partial charge in [0.15, 0.2) is 11.6 Å². The molecule has 1 aliphatic carbocycles. The number of aromatic nitrogens is 5. The monoisotopic (exact) mass is 350 g/mol. The molecule has 2 aromatic heterocycles. The highest BCUT2D eigenvalue weighted by atomic mass is 19.1. The number of hydrogen-bond donors (Lipinski definition) is 2. The predicted octanol–water partition coefficient (Wildman–Crippen LogP) is 0.577. The third-order valence-electron chi connectivity index (χ3n) is 4.91. The maximum Gasteiger partial charge on any atom is 0.345 e. The van der Waals surface area contributed by atoms with E-state index in [0.717, 1.165) is 0 Å². The van der Waals surface area contributed by atoms with Crippen molar-refractivity contribution in [3.05, 3.63) is 34.1 Å². The fraction of sp³-hybridized carbons (Fsp3) is 0.625. The fourth-order valence-corrected chi connectivity index (χ4v) is 3.47. The average molecular weight is 350 g/mol. The summed E-state index contributed by atoms with van der Waals surface area (Å²) in [6.07, 6.45) is 2.49. The molecule has 0 spiro atoms. The minimum atomic E-state index is -0.537. The predicted molar refractivity (Wildman–Crippen MR) is 89.8 cm³/mol. The Bertz CT molecular complexity index is 817. The Labute approximate surface area is 144 Å².